The van der Waals surface area contributed by atoms with Crippen molar-refractivity contribution in [1.82, 2.24) is 14.8 Å². The minimum Gasteiger partial charge on any atom is -0.356 e. The van der Waals surface area contributed by atoms with Crippen molar-refractivity contribution in [3.63, 3.8) is 0 Å². The molecule has 0 aliphatic carbocycles. The second kappa shape index (κ2) is 4.57. The highest BCUT2D eigenvalue weighted by molar-refractivity contribution is 6.13. The molecule has 4 nitrogen and oxygen atoms in total. The van der Waals surface area contributed by atoms with Gasteiger partial charge in [0.25, 0.3) is 0 Å². The second-order valence-corrected chi connectivity index (χ2v) is 3.66. The maximum atomic E-state index is 5.58. The van der Waals surface area contributed by atoms with E-state index in [0.717, 1.165) is 31.7 Å². The van der Waals surface area contributed by atoms with Crippen molar-refractivity contribution >= 4 is 17.6 Å². The molecule has 0 unspecified atom stereocenters. The number of hydrogen-bond acceptors (Lipinski definition) is 4. The first-order valence-corrected chi connectivity index (χ1v) is 5.15. The highest BCUT2D eigenvalue weighted by Gasteiger charge is 2.18. The summed E-state index contributed by atoms with van der Waals surface area (Å²) in [6.07, 6.45) is 5.48. The van der Waals surface area contributed by atoms with Gasteiger partial charge in [-0.25, -0.2) is 14.8 Å². The average molecular weight is 213 g/mol. The van der Waals surface area contributed by atoms with E-state index < -0.39 is 0 Å². The summed E-state index contributed by atoms with van der Waals surface area (Å²) in [4.78, 5) is 13.2. The molecule has 1 saturated heterocycles. The fraction of sp³-hybridized carbons (Fsp3) is 0.556. The van der Waals surface area contributed by atoms with E-state index in [4.69, 9.17) is 11.8 Å². The molecule has 1 aliphatic heterocycles. The minimum atomic E-state index is 0.440. The van der Waals surface area contributed by atoms with E-state index >= 15 is 0 Å². The Morgan fingerprint density at radius 2 is 2.21 bits per heavy atom. The lowest BCUT2D eigenvalue weighted by Gasteiger charge is -2.31. The lowest BCUT2D eigenvalue weighted by Crippen LogP contribution is -2.40. The van der Waals surface area contributed by atoms with Crippen LogP contribution in [0.5, 0.6) is 0 Å². The van der Waals surface area contributed by atoms with Gasteiger partial charge in [0.1, 0.15) is 12.1 Å². The highest BCUT2D eigenvalue weighted by atomic mass is 35.5. The topological polar surface area (TPSA) is 41.0 Å². The SMILES string of the molecule is ClNC1CCN(c2ccncn2)CC1. The molecule has 0 bridgehead atoms. The Bertz CT molecular complexity index is 271. The summed E-state index contributed by atoms with van der Waals surface area (Å²) >= 11 is 5.58. The zero-order valence-electron chi connectivity index (χ0n) is 7.86. The summed E-state index contributed by atoms with van der Waals surface area (Å²) in [6.45, 7) is 2.00. The number of rotatable bonds is 2. The Morgan fingerprint density at radius 1 is 1.43 bits per heavy atom. The summed E-state index contributed by atoms with van der Waals surface area (Å²) in [7, 11) is 0. The quantitative estimate of drug-likeness (QED) is 0.748. The van der Waals surface area contributed by atoms with Crippen LogP contribution in [0.15, 0.2) is 18.6 Å². The first kappa shape index (κ1) is 9.68. The maximum absolute atomic E-state index is 5.58. The number of piperidine rings is 1. The van der Waals surface area contributed by atoms with Crippen molar-refractivity contribution in [2.24, 2.45) is 0 Å². The third-order valence-corrected chi connectivity index (χ3v) is 2.85. The van der Waals surface area contributed by atoms with Crippen LogP contribution in [0.25, 0.3) is 0 Å². The van der Waals surface area contributed by atoms with Crippen molar-refractivity contribution < 1.29 is 0 Å². The number of nitrogens with one attached hydrogen (secondary N) is 1. The van der Waals surface area contributed by atoms with E-state index in [9.17, 15) is 0 Å². The first-order valence-electron chi connectivity index (χ1n) is 4.77. The third kappa shape index (κ3) is 2.13. The Hall–Kier alpha value is -0.870. The van der Waals surface area contributed by atoms with Gasteiger partial charge in [-0.1, -0.05) is 0 Å². The number of halogens is 1. The molecule has 5 heteroatoms. The molecular weight excluding hydrogens is 200 g/mol. The van der Waals surface area contributed by atoms with Crippen LogP contribution >= 0.6 is 11.8 Å². The average Bonchev–Trinajstić information content (AvgIpc) is 2.30. The van der Waals surface area contributed by atoms with E-state index in [0.29, 0.717) is 6.04 Å². The van der Waals surface area contributed by atoms with Gasteiger partial charge in [-0.2, -0.15) is 0 Å². The largest absolute Gasteiger partial charge is 0.356 e. The van der Waals surface area contributed by atoms with Gasteiger partial charge >= 0.3 is 0 Å². The second-order valence-electron chi connectivity index (χ2n) is 3.44. The van der Waals surface area contributed by atoms with Crippen LogP contribution < -0.4 is 9.74 Å². The normalized spacial score (nSPS) is 18.5. The van der Waals surface area contributed by atoms with Gasteiger partial charge in [-0.3, -0.25) is 0 Å². The fourth-order valence-electron chi connectivity index (χ4n) is 1.69. The van der Waals surface area contributed by atoms with Crippen LogP contribution in [0.4, 0.5) is 5.82 Å². The molecule has 1 fully saturated rings. The number of aromatic nitrogens is 2. The molecule has 0 radical (unpaired) electrons. The van der Waals surface area contributed by atoms with E-state index in [1.807, 2.05) is 6.07 Å². The van der Waals surface area contributed by atoms with Gasteiger partial charge < -0.3 is 4.90 Å². The van der Waals surface area contributed by atoms with Gasteiger partial charge in [-0.05, 0) is 30.7 Å². The van der Waals surface area contributed by atoms with Crippen LogP contribution in [0.1, 0.15) is 12.8 Å². The Balaban J connectivity index is 1.96. The summed E-state index contributed by atoms with van der Waals surface area (Å²) in [5, 5.41) is 0. The monoisotopic (exact) mass is 212 g/mol. The molecule has 76 valence electrons. The molecule has 0 aromatic carbocycles. The van der Waals surface area contributed by atoms with Crippen molar-refractivity contribution in [3.8, 4) is 0 Å². The minimum absolute atomic E-state index is 0.440. The first-order chi connectivity index (χ1) is 6.90. The predicted octanol–water partition coefficient (Wildman–Crippen LogP) is 1.19. The number of anilines is 1. The van der Waals surface area contributed by atoms with Gasteiger partial charge in [0.05, 0.1) is 0 Å². The number of hydrogen-bond donors (Lipinski definition) is 1. The van der Waals surface area contributed by atoms with E-state index in [1.54, 1.807) is 12.5 Å². The molecule has 14 heavy (non-hydrogen) atoms. The molecule has 0 saturated carbocycles. The Labute approximate surface area is 88.4 Å². The van der Waals surface area contributed by atoms with E-state index in [2.05, 4.69) is 19.7 Å². The van der Waals surface area contributed by atoms with Gasteiger partial charge in [0, 0.05) is 25.3 Å². The Morgan fingerprint density at radius 3 is 2.79 bits per heavy atom. The molecule has 0 atom stereocenters. The van der Waals surface area contributed by atoms with Crippen LogP contribution in [0.3, 0.4) is 0 Å². The summed E-state index contributed by atoms with van der Waals surface area (Å²) in [5.74, 6) is 1.01. The molecule has 1 aliphatic rings. The van der Waals surface area contributed by atoms with Gasteiger partial charge in [-0.15, -0.1) is 0 Å². The molecular formula is C9H13ClN4. The van der Waals surface area contributed by atoms with Gasteiger partial charge in [0.2, 0.25) is 0 Å². The van der Waals surface area contributed by atoms with Gasteiger partial charge in [0.15, 0.2) is 0 Å². The lowest BCUT2D eigenvalue weighted by atomic mass is 10.1. The smallest absolute Gasteiger partial charge is 0.131 e. The predicted molar refractivity (Wildman–Crippen MR) is 56.3 cm³/mol. The van der Waals surface area contributed by atoms with Crippen molar-refractivity contribution in [2.75, 3.05) is 18.0 Å². The fourth-order valence-corrected chi connectivity index (χ4v) is 1.91. The van der Waals surface area contributed by atoms with Crippen molar-refractivity contribution in [1.29, 1.82) is 0 Å². The molecule has 1 N–H and O–H groups in total. The van der Waals surface area contributed by atoms with Crippen LogP contribution in [0, 0.1) is 0 Å². The van der Waals surface area contributed by atoms with Crippen LogP contribution in [-0.2, 0) is 0 Å². The van der Waals surface area contributed by atoms with E-state index in [1.165, 1.54) is 0 Å². The van der Waals surface area contributed by atoms with Crippen LogP contribution in [-0.4, -0.2) is 29.1 Å². The molecule has 2 rings (SSSR count). The Kier molecular flexibility index (Phi) is 3.16. The van der Waals surface area contributed by atoms with Crippen LogP contribution in [0.2, 0.25) is 0 Å². The molecule has 0 spiro atoms. The number of nitrogens with zero attached hydrogens (tertiary/aromatic N) is 3. The highest BCUT2D eigenvalue weighted by Crippen LogP contribution is 2.16. The lowest BCUT2D eigenvalue weighted by molar-refractivity contribution is 0.473. The molecule has 1 aromatic rings. The summed E-state index contributed by atoms with van der Waals surface area (Å²) in [6, 6.07) is 2.38. The van der Waals surface area contributed by atoms with Crippen molar-refractivity contribution in [3.05, 3.63) is 18.6 Å². The standard InChI is InChI=1S/C9H13ClN4/c10-13-8-2-5-14(6-3-8)9-1-4-11-7-12-9/h1,4,7-8,13H,2-3,5-6H2. The van der Waals surface area contributed by atoms with E-state index in [-0.39, 0.29) is 0 Å². The van der Waals surface area contributed by atoms with Crippen molar-refractivity contribution in [2.45, 2.75) is 18.9 Å². The molecule has 1 aromatic heterocycles. The summed E-state index contributed by atoms with van der Waals surface area (Å²) in [5.41, 5.74) is 0. The molecule has 2 heterocycles. The molecule has 0 amide bonds. The third-order valence-electron chi connectivity index (χ3n) is 2.54. The zero-order valence-corrected chi connectivity index (χ0v) is 8.61. The summed E-state index contributed by atoms with van der Waals surface area (Å²) < 4.78 is 0. The maximum Gasteiger partial charge on any atom is 0.131 e. The zero-order chi connectivity index (χ0) is 9.80.